The number of benzene rings is 2. The smallest absolute Gasteiger partial charge is 0.387 e. The van der Waals surface area contributed by atoms with Crippen LogP contribution in [0.3, 0.4) is 0 Å². The number of hydrogen-bond donors (Lipinski definition) is 1. The SMILES string of the molecule is CC(C)C#Cc1cccc([C@@]2(c3ccc(OC(F)F)c(C4CC4)c3)N=C(N)N(C)C2=O)c1.S. The Labute approximate surface area is 199 Å². The van der Waals surface area contributed by atoms with Gasteiger partial charge in [0.1, 0.15) is 5.75 Å². The summed E-state index contributed by atoms with van der Waals surface area (Å²) in [5.74, 6) is 6.49. The molecule has 1 aliphatic heterocycles. The molecule has 8 heteroatoms. The van der Waals surface area contributed by atoms with Crippen molar-refractivity contribution in [1.82, 2.24) is 4.90 Å². The molecule has 1 fully saturated rings. The van der Waals surface area contributed by atoms with Crippen LogP contribution in [-0.4, -0.2) is 30.4 Å². The number of carbonyl (C=O) groups excluding carboxylic acids is 1. The normalized spacial score (nSPS) is 19.8. The molecule has 0 saturated heterocycles. The molecule has 4 rings (SSSR count). The number of aliphatic imine (C=N–C) groups is 1. The third kappa shape index (κ3) is 4.69. The highest BCUT2D eigenvalue weighted by molar-refractivity contribution is 7.59. The van der Waals surface area contributed by atoms with Crippen molar-refractivity contribution >= 4 is 25.4 Å². The van der Waals surface area contributed by atoms with Crippen molar-refractivity contribution in [3.63, 3.8) is 0 Å². The Morgan fingerprint density at radius 2 is 1.88 bits per heavy atom. The van der Waals surface area contributed by atoms with Crippen LogP contribution in [0.4, 0.5) is 8.78 Å². The van der Waals surface area contributed by atoms with Crippen LogP contribution in [0.25, 0.3) is 0 Å². The van der Waals surface area contributed by atoms with Crippen molar-refractivity contribution < 1.29 is 18.3 Å². The third-order valence-electron chi connectivity index (χ3n) is 5.69. The van der Waals surface area contributed by atoms with E-state index in [1.807, 2.05) is 38.1 Å². The second-order valence-electron chi connectivity index (χ2n) is 8.45. The van der Waals surface area contributed by atoms with E-state index in [-0.39, 0.29) is 42.9 Å². The minimum absolute atomic E-state index is 0. The van der Waals surface area contributed by atoms with Gasteiger partial charge in [0.15, 0.2) is 11.5 Å². The fourth-order valence-corrected chi connectivity index (χ4v) is 3.92. The summed E-state index contributed by atoms with van der Waals surface area (Å²) in [6, 6.07) is 12.2. The highest BCUT2D eigenvalue weighted by atomic mass is 32.1. The van der Waals surface area contributed by atoms with Crippen LogP contribution in [0, 0.1) is 17.8 Å². The van der Waals surface area contributed by atoms with Crippen LogP contribution in [0.5, 0.6) is 5.75 Å². The Balaban J connectivity index is 0.00000306. The third-order valence-corrected chi connectivity index (χ3v) is 5.69. The van der Waals surface area contributed by atoms with E-state index in [1.165, 1.54) is 11.0 Å². The maximum absolute atomic E-state index is 13.5. The van der Waals surface area contributed by atoms with E-state index < -0.39 is 12.2 Å². The van der Waals surface area contributed by atoms with Crippen molar-refractivity contribution in [2.45, 2.75) is 44.8 Å². The summed E-state index contributed by atoms with van der Waals surface area (Å²) in [5, 5.41) is 0. The number of ether oxygens (including phenoxy) is 1. The molecule has 0 bridgehead atoms. The Hall–Kier alpha value is -3.05. The molecular weight excluding hydrogens is 444 g/mol. The van der Waals surface area contributed by atoms with Gasteiger partial charge in [-0.25, -0.2) is 4.99 Å². The van der Waals surface area contributed by atoms with Gasteiger partial charge >= 0.3 is 6.61 Å². The minimum atomic E-state index is -2.92. The molecular formula is C25H27F2N3O2S. The Kier molecular flexibility index (Phi) is 7.03. The molecule has 174 valence electrons. The van der Waals surface area contributed by atoms with Gasteiger partial charge < -0.3 is 10.5 Å². The summed E-state index contributed by atoms with van der Waals surface area (Å²) < 4.78 is 30.6. The summed E-state index contributed by atoms with van der Waals surface area (Å²) in [6.07, 6.45) is 1.77. The van der Waals surface area contributed by atoms with Gasteiger partial charge in [-0.15, -0.1) is 0 Å². The van der Waals surface area contributed by atoms with Crippen LogP contribution < -0.4 is 10.5 Å². The van der Waals surface area contributed by atoms with Gasteiger partial charge in [0.2, 0.25) is 0 Å². The van der Waals surface area contributed by atoms with Crippen LogP contribution in [0.2, 0.25) is 0 Å². The lowest BCUT2D eigenvalue weighted by atomic mass is 9.81. The summed E-state index contributed by atoms with van der Waals surface area (Å²) in [6.45, 7) is 1.08. The number of nitrogens with zero attached hydrogens (tertiary/aromatic N) is 2. The molecule has 1 atom stereocenters. The monoisotopic (exact) mass is 471 g/mol. The van der Waals surface area contributed by atoms with Gasteiger partial charge in [0.25, 0.3) is 5.91 Å². The van der Waals surface area contributed by atoms with Gasteiger partial charge in [0, 0.05) is 18.5 Å². The molecule has 2 N–H and O–H groups in total. The fraction of sp³-hybridized carbons (Fsp3) is 0.360. The lowest BCUT2D eigenvalue weighted by Crippen LogP contribution is -2.41. The first kappa shape index (κ1) is 24.6. The maximum Gasteiger partial charge on any atom is 0.387 e. The molecule has 5 nitrogen and oxygen atoms in total. The van der Waals surface area contributed by atoms with Crippen molar-refractivity contribution in [1.29, 1.82) is 0 Å². The lowest BCUT2D eigenvalue weighted by Gasteiger charge is -2.27. The Morgan fingerprint density at radius 1 is 1.18 bits per heavy atom. The summed E-state index contributed by atoms with van der Waals surface area (Å²) in [7, 11) is 1.57. The van der Waals surface area contributed by atoms with Crippen molar-refractivity contribution in [3.05, 3.63) is 64.7 Å². The van der Waals surface area contributed by atoms with Gasteiger partial charge in [-0.3, -0.25) is 9.69 Å². The van der Waals surface area contributed by atoms with Crippen molar-refractivity contribution in [2.24, 2.45) is 16.6 Å². The predicted molar refractivity (Wildman–Crippen MR) is 129 cm³/mol. The van der Waals surface area contributed by atoms with Crippen LogP contribution in [0.15, 0.2) is 47.5 Å². The van der Waals surface area contributed by atoms with E-state index in [4.69, 9.17) is 10.5 Å². The second-order valence-corrected chi connectivity index (χ2v) is 8.45. The van der Waals surface area contributed by atoms with E-state index in [0.717, 1.165) is 18.4 Å². The van der Waals surface area contributed by atoms with Crippen molar-refractivity contribution in [2.75, 3.05) is 7.05 Å². The lowest BCUT2D eigenvalue weighted by molar-refractivity contribution is -0.129. The average molecular weight is 472 g/mol. The predicted octanol–water partition coefficient (Wildman–Crippen LogP) is 4.32. The number of alkyl halides is 2. The molecule has 1 heterocycles. The summed E-state index contributed by atoms with van der Waals surface area (Å²) in [5.41, 5.74) is 7.25. The van der Waals surface area contributed by atoms with Crippen LogP contribution in [0.1, 0.15) is 54.9 Å². The molecule has 0 spiro atoms. The number of halogens is 2. The van der Waals surface area contributed by atoms with Gasteiger partial charge in [-0.05, 0) is 59.7 Å². The van der Waals surface area contributed by atoms with E-state index in [1.54, 1.807) is 19.2 Å². The highest BCUT2D eigenvalue weighted by Crippen LogP contribution is 2.48. The number of amides is 1. The van der Waals surface area contributed by atoms with Crippen LogP contribution >= 0.6 is 13.5 Å². The Morgan fingerprint density at radius 3 is 2.45 bits per heavy atom. The first-order valence-corrected chi connectivity index (χ1v) is 10.6. The fourth-order valence-electron chi connectivity index (χ4n) is 3.92. The van der Waals surface area contributed by atoms with Crippen molar-refractivity contribution in [3.8, 4) is 17.6 Å². The molecule has 1 saturated carbocycles. The molecule has 33 heavy (non-hydrogen) atoms. The maximum atomic E-state index is 13.5. The number of carbonyl (C=O) groups is 1. The first-order chi connectivity index (χ1) is 15.2. The molecule has 0 radical (unpaired) electrons. The average Bonchev–Trinajstić information content (AvgIpc) is 3.57. The summed E-state index contributed by atoms with van der Waals surface area (Å²) >= 11 is 0. The highest BCUT2D eigenvalue weighted by Gasteiger charge is 2.50. The Bertz CT molecular complexity index is 1150. The molecule has 0 aromatic heterocycles. The summed E-state index contributed by atoms with van der Waals surface area (Å²) in [4.78, 5) is 19.4. The van der Waals surface area contributed by atoms with E-state index in [0.29, 0.717) is 16.7 Å². The van der Waals surface area contributed by atoms with Gasteiger partial charge in [0.05, 0.1) is 0 Å². The first-order valence-electron chi connectivity index (χ1n) is 10.6. The molecule has 1 aliphatic carbocycles. The van der Waals surface area contributed by atoms with E-state index in [9.17, 15) is 13.6 Å². The molecule has 1 amide bonds. The number of likely N-dealkylation sites (N-methyl/N-ethyl adjacent to an activating group) is 1. The topological polar surface area (TPSA) is 67.9 Å². The standard InChI is InChI=1S/C25H25F2N3O2.H2S/c1-15(2)7-8-16-5-4-6-18(13-16)25(22(31)30(3)24(28)29-25)19-11-12-21(32-23(26)27)20(14-19)17-9-10-17;/h4-6,11-15,17,23H,9-10H2,1-3H3,(H2,28,29);1H2/t25-;/m0./s1. The number of hydrogen-bond acceptors (Lipinski definition) is 4. The van der Waals surface area contributed by atoms with E-state index in [2.05, 4.69) is 16.8 Å². The number of nitrogens with two attached hydrogens (primary N) is 1. The van der Waals surface area contributed by atoms with E-state index >= 15 is 0 Å². The zero-order valence-corrected chi connectivity index (χ0v) is 19.7. The number of guanidine groups is 1. The molecule has 2 aromatic rings. The molecule has 2 aliphatic rings. The largest absolute Gasteiger partial charge is 0.435 e. The zero-order chi connectivity index (χ0) is 23.0. The molecule has 2 aromatic carbocycles. The quantitative estimate of drug-likeness (QED) is 0.661. The van der Waals surface area contributed by atoms with Gasteiger partial charge in [-0.2, -0.15) is 22.3 Å². The number of rotatable bonds is 5. The second kappa shape index (κ2) is 9.44. The minimum Gasteiger partial charge on any atom is -0.435 e. The molecule has 0 unspecified atom stereocenters. The zero-order valence-electron chi connectivity index (χ0n) is 18.7. The van der Waals surface area contributed by atoms with Crippen LogP contribution in [-0.2, 0) is 10.3 Å². The van der Waals surface area contributed by atoms with Gasteiger partial charge in [-0.1, -0.05) is 43.9 Å².